The SMILES string of the molecule is COC(=O)NCc1ccn2c(-c3ccnc(N[C@@H](C)c4ccccc4)n3)c(-c3ccc(F)cc3)nc2c1. The lowest BCUT2D eigenvalue weighted by molar-refractivity contribution is 0.170. The molecule has 0 spiro atoms. The molecule has 0 aliphatic heterocycles. The van der Waals surface area contributed by atoms with Gasteiger partial charge in [0.25, 0.3) is 0 Å². The van der Waals surface area contributed by atoms with E-state index in [0.717, 1.165) is 22.4 Å². The van der Waals surface area contributed by atoms with Crippen LogP contribution >= 0.6 is 0 Å². The maximum Gasteiger partial charge on any atom is 0.407 e. The van der Waals surface area contributed by atoms with Crippen LogP contribution < -0.4 is 10.6 Å². The van der Waals surface area contributed by atoms with Gasteiger partial charge >= 0.3 is 6.09 Å². The molecule has 1 atom stereocenters. The number of hydrogen-bond acceptors (Lipinski definition) is 6. The predicted molar refractivity (Wildman–Crippen MR) is 139 cm³/mol. The number of benzene rings is 2. The van der Waals surface area contributed by atoms with E-state index in [0.29, 0.717) is 23.0 Å². The highest BCUT2D eigenvalue weighted by molar-refractivity contribution is 5.81. The molecule has 186 valence electrons. The molecule has 37 heavy (non-hydrogen) atoms. The molecule has 0 saturated carbocycles. The molecule has 3 aromatic heterocycles. The molecule has 0 unspecified atom stereocenters. The van der Waals surface area contributed by atoms with Gasteiger partial charge in [-0.25, -0.2) is 24.1 Å². The van der Waals surface area contributed by atoms with Crippen LogP contribution in [-0.4, -0.2) is 32.6 Å². The minimum absolute atomic E-state index is 0.0000670. The Hall–Kier alpha value is -4.79. The first kappa shape index (κ1) is 23.9. The van der Waals surface area contributed by atoms with Gasteiger partial charge in [-0.15, -0.1) is 0 Å². The fraction of sp³-hybridized carbons (Fsp3) is 0.143. The van der Waals surface area contributed by atoms with E-state index in [-0.39, 0.29) is 18.4 Å². The van der Waals surface area contributed by atoms with Crippen molar-refractivity contribution in [3.63, 3.8) is 0 Å². The summed E-state index contributed by atoms with van der Waals surface area (Å²) in [5.74, 6) is 0.154. The first-order valence-corrected chi connectivity index (χ1v) is 11.8. The molecule has 0 aliphatic carbocycles. The average Bonchev–Trinajstić information content (AvgIpc) is 3.31. The normalized spacial score (nSPS) is 11.8. The van der Waals surface area contributed by atoms with E-state index in [9.17, 15) is 9.18 Å². The van der Waals surface area contributed by atoms with Crippen LogP contribution in [0, 0.1) is 5.82 Å². The van der Waals surface area contributed by atoms with E-state index in [1.165, 1.54) is 19.2 Å². The molecule has 8 nitrogen and oxygen atoms in total. The number of anilines is 1. The molecule has 5 aromatic rings. The van der Waals surface area contributed by atoms with Gasteiger partial charge in [-0.3, -0.25) is 4.40 Å². The number of nitrogens with zero attached hydrogens (tertiary/aromatic N) is 4. The van der Waals surface area contributed by atoms with E-state index >= 15 is 0 Å². The molecule has 1 amide bonds. The van der Waals surface area contributed by atoms with Gasteiger partial charge < -0.3 is 15.4 Å². The third kappa shape index (κ3) is 5.25. The van der Waals surface area contributed by atoms with Gasteiger partial charge in [0.2, 0.25) is 5.95 Å². The Morgan fingerprint density at radius 2 is 1.84 bits per heavy atom. The van der Waals surface area contributed by atoms with Gasteiger partial charge in [0.1, 0.15) is 11.5 Å². The monoisotopic (exact) mass is 496 g/mol. The van der Waals surface area contributed by atoms with Gasteiger partial charge in [-0.1, -0.05) is 30.3 Å². The van der Waals surface area contributed by atoms with Crippen molar-refractivity contribution in [1.29, 1.82) is 0 Å². The summed E-state index contributed by atoms with van der Waals surface area (Å²) in [5.41, 5.74) is 5.42. The third-order valence-electron chi connectivity index (χ3n) is 5.97. The predicted octanol–water partition coefficient (Wildman–Crippen LogP) is 5.63. The Balaban J connectivity index is 1.56. The van der Waals surface area contributed by atoms with E-state index < -0.39 is 6.09 Å². The van der Waals surface area contributed by atoms with Crippen molar-refractivity contribution < 1.29 is 13.9 Å². The number of pyridine rings is 1. The van der Waals surface area contributed by atoms with E-state index in [1.54, 1.807) is 18.3 Å². The highest BCUT2D eigenvalue weighted by Gasteiger charge is 2.19. The number of amides is 1. The number of imidazole rings is 1. The van der Waals surface area contributed by atoms with Crippen LogP contribution in [0.15, 0.2) is 85.2 Å². The largest absolute Gasteiger partial charge is 0.453 e. The molecule has 9 heteroatoms. The summed E-state index contributed by atoms with van der Waals surface area (Å²) in [5, 5.41) is 6.04. The number of carbonyl (C=O) groups excluding carboxylic acids is 1. The molecular formula is C28H25FN6O2. The van der Waals surface area contributed by atoms with Crippen molar-refractivity contribution in [3.8, 4) is 22.6 Å². The standard InChI is InChI=1S/C28H25FN6O2/c1-18(20-6-4-3-5-7-20)32-27-30-14-12-23(33-27)26-25(21-8-10-22(29)11-9-21)34-24-16-19(13-15-35(24)26)17-31-28(36)37-2/h3-16,18H,17H2,1-2H3,(H,31,36)(H,30,32,33)/t18-/m0/s1. The van der Waals surface area contributed by atoms with E-state index in [1.807, 2.05) is 66.1 Å². The zero-order valence-corrected chi connectivity index (χ0v) is 20.4. The molecule has 5 rings (SSSR count). The fourth-order valence-corrected chi connectivity index (χ4v) is 4.08. The quantitative estimate of drug-likeness (QED) is 0.304. The number of rotatable bonds is 7. The summed E-state index contributed by atoms with van der Waals surface area (Å²) in [4.78, 5) is 25.6. The smallest absolute Gasteiger partial charge is 0.407 e. The molecule has 0 fully saturated rings. The maximum absolute atomic E-state index is 13.7. The third-order valence-corrected chi connectivity index (χ3v) is 5.97. The molecule has 0 radical (unpaired) electrons. The number of ether oxygens (including phenoxy) is 1. The van der Waals surface area contributed by atoms with Crippen molar-refractivity contribution in [1.82, 2.24) is 24.7 Å². The first-order valence-electron chi connectivity index (χ1n) is 11.8. The summed E-state index contributed by atoms with van der Waals surface area (Å²) in [6, 6.07) is 21.8. The van der Waals surface area contributed by atoms with Crippen molar-refractivity contribution in [2.24, 2.45) is 0 Å². The summed E-state index contributed by atoms with van der Waals surface area (Å²) in [6.45, 7) is 2.34. The number of methoxy groups -OCH3 is 1. The summed E-state index contributed by atoms with van der Waals surface area (Å²) < 4.78 is 20.3. The number of fused-ring (bicyclic) bond motifs is 1. The lowest BCUT2D eigenvalue weighted by atomic mass is 10.1. The lowest BCUT2D eigenvalue weighted by Crippen LogP contribution is -2.22. The Morgan fingerprint density at radius 1 is 1.05 bits per heavy atom. The van der Waals surface area contributed by atoms with Crippen LogP contribution in [0.25, 0.3) is 28.3 Å². The molecule has 2 N–H and O–H groups in total. The Labute approximate surface area is 213 Å². The number of nitrogens with one attached hydrogen (secondary N) is 2. The number of aromatic nitrogens is 4. The van der Waals surface area contributed by atoms with E-state index in [4.69, 9.17) is 9.97 Å². The molecule has 0 aliphatic rings. The van der Waals surface area contributed by atoms with Crippen molar-refractivity contribution in [2.45, 2.75) is 19.5 Å². The second kappa shape index (κ2) is 10.4. The fourth-order valence-electron chi connectivity index (χ4n) is 4.08. The molecule has 0 saturated heterocycles. The van der Waals surface area contributed by atoms with Crippen LogP contribution in [0.3, 0.4) is 0 Å². The second-order valence-electron chi connectivity index (χ2n) is 8.47. The van der Waals surface area contributed by atoms with Crippen molar-refractivity contribution in [3.05, 3.63) is 102 Å². The first-order chi connectivity index (χ1) is 18.0. The van der Waals surface area contributed by atoms with Gasteiger partial charge in [-0.05, 0) is 60.5 Å². The summed E-state index contributed by atoms with van der Waals surface area (Å²) in [7, 11) is 1.32. The van der Waals surface area contributed by atoms with Gasteiger partial charge in [-0.2, -0.15) is 0 Å². The molecule has 2 aromatic carbocycles. The van der Waals surface area contributed by atoms with Gasteiger partial charge in [0.05, 0.1) is 30.2 Å². The zero-order valence-electron chi connectivity index (χ0n) is 20.4. The second-order valence-corrected chi connectivity index (χ2v) is 8.47. The maximum atomic E-state index is 13.7. The minimum Gasteiger partial charge on any atom is -0.453 e. The highest BCUT2D eigenvalue weighted by atomic mass is 19.1. The Bertz CT molecular complexity index is 1540. The number of halogens is 1. The van der Waals surface area contributed by atoms with E-state index in [2.05, 4.69) is 20.4 Å². The Kier molecular flexibility index (Phi) is 6.76. The lowest BCUT2D eigenvalue weighted by Gasteiger charge is -2.15. The minimum atomic E-state index is -0.512. The average molecular weight is 497 g/mol. The highest BCUT2D eigenvalue weighted by Crippen LogP contribution is 2.33. The zero-order chi connectivity index (χ0) is 25.8. The van der Waals surface area contributed by atoms with Gasteiger partial charge in [0.15, 0.2) is 0 Å². The van der Waals surface area contributed by atoms with Crippen LogP contribution in [0.2, 0.25) is 0 Å². The molecule has 0 bridgehead atoms. The van der Waals surface area contributed by atoms with Crippen LogP contribution in [-0.2, 0) is 11.3 Å². The number of hydrogen-bond donors (Lipinski definition) is 2. The topological polar surface area (TPSA) is 93.4 Å². The van der Waals surface area contributed by atoms with Crippen LogP contribution in [0.1, 0.15) is 24.1 Å². The number of alkyl carbamates (subject to hydrolysis) is 1. The molecular weight excluding hydrogens is 471 g/mol. The van der Waals surface area contributed by atoms with Crippen LogP contribution in [0.4, 0.5) is 15.1 Å². The van der Waals surface area contributed by atoms with Crippen molar-refractivity contribution in [2.75, 3.05) is 12.4 Å². The molecule has 3 heterocycles. The van der Waals surface area contributed by atoms with Gasteiger partial charge in [0, 0.05) is 24.5 Å². The van der Waals surface area contributed by atoms with Crippen molar-refractivity contribution >= 4 is 17.7 Å². The Morgan fingerprint density at radius 3 is 2.59 bits per heavy atom. The van der Waals surface area contributed by atoms with Crippen LogP contribution in [0.5, 0.6) is 0 Å². The summed E-state index contributed by atoms with van der Waals surface area (Å²) >= 11 is 0. The number of carbonyl (C=O) groups is 1. The summed E-state index contributed by atoms with van der Waals surface area (Å²) in [6.07, 6.45) is 3.06.